The number of rotatable bonds is 2. The molecule has 1 fully saturated rings. The fourth-order valence-corrected chi connectivity index (χ4v) is 2.37. The summed E-state index contributed by atoms with van der Waals surface area (Å²) in [6.45, 7) is 5.99. The second-order valence-electron chi connectivity index (χ2n) is 4.66. The van der Waals surface area contributed by atoms with E-state index in [4.69, 9.17) is 0 Å². The number of hydrogen-bond donors (Lipinski definition) is 2. The number of aliphatic hydroxyl groups is 1. The highest BCUT2D eigenvalue weighted by molar-refractivity contribution is 7.80. The third-order valence-electron chi connectivity index (χ3n) is 3.15. The van der Waals surface area contributed by atoms with Crippen LogP contribution in [0.2, 0.25) is 0 Å². The highest BCUT2D eigenvalue weighted by atomic mass is 32.1. The molecule has 0 radical (unpaired) electrons. The van der Waals surface area contributed by atoms with Gasteiger partial charge < -0.3 is 5.11 Å². The Kier molecular flexibility index (Phi) is 3.11. The van der Waals surface area contributed by atoms with Crippen LogP contribution in [0.3, 0.4) is 0 Å². The first kappa shape index (κ1) is 10.4. The first-order chi connectivity index (χ1) is 5.41. The molecule has 0 aromatic heterocycles. The zero-order valence-electron chi connectivity index (χ0n) is 8.25. The molecule has 0 bridgehead atoms. The smallest absolute Gasteiger partial charge is 0.0619 e. The summed E-state index contributed by atoms with van der Waals surface area (Å²) in [6.07, 6.45) is 3.55. The first-order valence-electron chi connectivity index (χ1n) is 4.81. The topological polar surface area (TPSA) is 20.2 Å². The van der Waals surface area contributed by atoms with E-state index in [2.05, 4.69) is 19.6 Å². The van der Waals surface area contributed by atoms with Crippen LogP contribution < -0.4 is 0 Å². The van der Waals surface area contributed by atoms with Crippen LogP contribution in [-0.2, 0) is 0 Å². The average molecular weight is 188 g/mol. The molecule has 0 amide bonds. The van der Waals surface area contributed by atoms with Crippen molar-refractivity contribution in [3.8, 4) is 0 Å². The van der Waals surface area contributed by atoms with E-state index in [1.54, 1.807) is 0 Å². The predicted molar refractivity (Wildman–Crippen MR) is 55.6 cm³/mol. The Bertz CT molecular complexity index is 148. The van der Waals surface area contributed by atoms with Gasteiger partial charge in [0.2, 0.25) is 0 Å². The molecule has 0 aromatic rings. The fourth-order valence-electron chi connectivity index (χ4n) is 2.10. The maximum atomic E-state index is 9.79. The van der Waals surface area contributed by atoms with Crippen LogP contribution in [-0.4, -0.2) is 16.0 Å². The lowest BCUT2D eigenvalue weighted by Gasteiger charge is -2.25. The third-order valence-corrected chi connectivity index (χ3v) is 3.58. The van der Waals surface area contributed by atoms with E-state index in [0.29, 0.717) is 17.1 Å². The van der Waals surface area contributed by atoms with Gasteiger partial charge in [0.05, 0.1) is 5.60 Å². The van der Waals surface area contributed by atoms with E-state index in [-0.39, 0.29) is 0 Å². The van der Waals surface area contributed by atoms with E-state index in [0.717, 1.165) is 6.42 Å². The molecule has 12 heavy (non-hydrogen) atoms. The molecule has 1 N–H and O–H groups in total. The molecule has 1 nitrogen and oxygen atoms in total. The second kappa shape index (κ2) is 3.59. The van der Waals surface area contributed by atoms with E-state index in [1.165, 1.54) is 12.8 Å². The summed E-state index contributed by atoms with van der Waals surface area (Å²) >= 11 is 4.45. The van der Waals surface area contributed by atoms with Crippen molar-refractivity contribution in [2.75, 3.05) is 0 Å². The first-order valence-corrected chi connectivity index (χ1v) is 5.33. The number of thiol groups is 1. The van der Waals surface area contributed by atoms with Gasteiger partial charge in [0, 0.05) is 5.25 Å². The Balaban J connectivity index is 2.46. The van der Waals surface area contributed by atoms with Gasteiger partial charge in [-0.1, -0.05) is 6.92 Å². The molecule has 0 saturated heterocycles. The maximum Gasteiger partial charge on any atom is 0.0619 e. The van der Waals surface area contributed by atoms with Gasteiger partial charge in [-0.15, -0.1) is 0 Å². The summed E-state index contributed by atoms with van der Waals surface area (Å²) in [5, 5.41) is 10.3. The monoisotopic (exact) mass is 188 g/mol. The zero-order chi connectivity index (χ0) is 9.35. The van der Waals surface area contributed by atoms with Crippen LogP contribution in [0.15, 0.2) is 0 Å². The quantitative estimate of drug-likeness (QED) is 0.638. The molecule has 2 heteroatoms. The van der Waals surface area contributed by atoms with E-state index >= 15 is 0 Å². The van der Waals surface area contributed by atoms with Gasteiger partial charge in [0.1, 0.15) is 0 Å². The normalized spacial score (nSPS) is 33.8. The molecule has 1 aliphatic rings. The molecule has 1 unspecified atom stereocenters. The fraction of sp³-hybridized carbons (Fsp3) is 1.00. The van der Waals surface area contributed by atoms with Crippen LogP contribution in [0.1, 0.15) is 40.0 Å². The summed E-state index contributed by atoms with van der Waals surface area (Å²) in [5.41, 5.74) is -0.489. The van der Waals surface area contributed by atoms with Gasteiger partial charge in [-0.05, 0) is 44.9 Å². The van der Waals surface area contributed by atoms with Crippen molar-refractivity contribution >= 4 is 12.6 Å². The summed E-state index contributed by atoms with van der Waals surface area (Å²) in [7, 11) is 0. The minimum absolute atomic E-state index is 0.483. The molecule has 1 aliphatic carbocycles. The summed E-state index contributed by atoms with van der Waals surface area (Å²) in [4.78, 5) is 0. The molecular weight excluding hydrogens is 168 g/mol. The summed E-state index contributed by atoms with van der Waals surface area (Å²) in [6, 6.07) is 0. The standard InChI is InChI=1S/C10H20OS/c1-7(12)8-4-5-9(6-8)10(2,3)11/h7-9,11-12H,4-6H2,1-3H3/t7?,8-,9-/m0/s1. The predicted octanol–water partition coefficient (Wildman–Crippen LogP) is 2.49. The molecular formula is C10H20OS. The van der Waals surface area contributed by atoms with E-state index < -0.39 is 5.60 Å². The molecule has 0 spiro atoms. The van der Waals surface area contributed by atoms with Crippen molar-refractivity contribution < 1.29 is 5.11 Å². The third kappa shape index (κ3) is 2.40. The largest absolute Gasteiger partial charge is 0.390 e. The lowest BCUT2D eigenvalue weighted by atomic mass is 9.88. The van der Waals surface area contributed by atoms with E-state index in [9.17, 15) is 5.11 Å². The lowest BCUT2D eigenvalue weighted by molar-refractivity contribution is 0.0183. The van der Waals surface area contributed by atoms with Gasteiger partial charge in [-0.3, -0.25) is 0 Å². The Hall–Kier alpha value is 0.310. The van der Waals surface area contributed by atoms with Crippen molar-refractivity contribution in [3.63, 3.8) is 0 Å². The van der Waals surface area contributed by atoms with Crippen LogP contribution in [0, 0.1) is 11.8 Å². The van der Waals surface area contributed by atoms with Crippen LogP contribution in [0.5, 0.6) is 0 Å². The van der Waals surface area contributed by atoms with Gasteiger partial charge in [0.15, 0.2) is 0 Å². The highest BCUT2D eigenvalue weighted by Crippen LogP contribution is 2.40. The lowest BCUT2D eigenvalue weighted by Crippen LogP contribution is -2.29. The molecule has 3 atom stereocenters. The Morgan fingerprint density at radius 1 is 1.42 bits per heavy atom. The highest BCUT2D eigenvalue weighted by Gasteiger charge is 2.35. The minimum atomic E-state index is -0.489. The molecule has 0 aromatic carbocycles. The molecule has 1 rings (SSSR count). The van der Waals surface area contributed by atoms with Crippen LogP contribution in [0.4, 0.5) is 0 Å². The Labute approximate surface area is 81.0 Å². The SMILES string of the molecule is CC(S)[C@H]1CC[C@H](C(C)(C)O)C1. The van der Waals surface area contributed by atoms with Crippen molar-refractivity contribution in [1.29, 1.82) is 0 Å². The minimum Gasteiger partial charge on any atom is -0.390 e. The Morgan fingerprint density at radius 3 is 2.25 bits per heavy atom. The van der Waals surface area contributed by atoms with Crippen molar-refractivity contribution in [2.24, 2.45) is 11.8 Å². The summed E-state index contributed by atoms with van der Waals surface area (Å²) in [5.74, 6) is 1.20. The summed E-state index contributed by atoms with van der Waals surface area (Å²) < 4.78 is 0. The molecule has 1 saturated carbocycles. The van der Waals surface area contributed by atoms with Gasteiger partial charge in [-0.2, -0.15) is 12.6 Å². The molecule has 0 heterocycles. The van der Waals surface area contributed by atoms with Crippen molar-refractivity contribution in [3.05, 3.63) is 0 Å². The maximum absolute atomic E-state index is 9.79. The number of hydrogen-bond acceptors (Lipinski definition) is 2. The van der Waals surface area contributed by atoms with Crippen LogP contribution >= 0.6 is 12.6 Å². The van der Waals surface area contributed by atoms with Gasteiger partial charge in [0.25, 0.3) is 0 Å². The van der Waals surface area contributed by atoms with E-state index in [1.807, 2.05) is 13.8 Å². The average Bonchev–Trinajstić information content (AvgIpc) is 2.30. The Morgan fingerprint density at radius 2 is 2.00 bits per heavy atom. The zero-order valence-corrected chi connectivity index (χ0v) is 9.14. The molecule has 72 valence electrons. The van der Waals surface area contributed by atoms with Crippen molar-refractivity contribution in [1.82, 2.24) is 0 Å². The van der Waals surface area contributed by atoms with Crippen molar-refractivity contribution in [2.45, 2.75) is 50.9 Å². The second-order valence-corrected chi connectivity index (χ2v) is 5.48. The van der Waals surface area contributed by atoms with Crippen LogP contribution in [0.25, 0.3) is 0 Å². The van der Waals surface area contributed by atoms with Gasteiger partial charge in [-0.25, -0.2) is 0 Å². The van der Waals surface area contributed by atoms with Gasteiger partial charge >= 0.3 is 0 Å². The molecule has 0 aliphatic heterocycles.